The summed E-state index contributed by atoms with van der Waals surface area (Å²) < 4.78 is 60.6. The van der Waals surface area contributed by atoms with Crippen LogP contribution in [0.15, 0.2) is 24.3 Å². The van der Waals surface area contributed by atoms with Gasteiger partial charge in [0, 0.05) is 25.7 Å². The molecule has 2 N–H and O–H groups in total. The van der Waals surface area contributed by atoms with Gasteiger partial charge in [-0.3, -0.25) is 18.7 Å². The normalized spacial score (nSPS) is 13.3. The highest BCUT2D eigenvalue weighted by atomic mass is 32.2. The third-order valence-corrected chi connectivity index (χ3v) is 8.44. The van der Waals surface area contributed by atoms with E-state index in [1.54, 1.807) is 24.3 Å². The summed E-state index contributed by atoms with van der Waals surface area (Å²) in [6, 6.07) is 6.82. The van der Waals surface area contributed by atoms with Gasteiger partial charge in [0.2, 0.25) is 0 Å². The molecule has 1 aromatic carbocycles. The largest absolute Gasteiger partial charge is 0.299 e. The topological polar surface area (TPSA) is 143 Å². The van der Waals surface area contributed by atoms with E-state index in [-0.39, 0.29) is 50.1 Å². The molecule has 0 aromatic heterocycles. The van der Waals surface area contributed by atoms with Crippen molar-refractivity contribution in [3.63, 3.8) is 0 Å². The second kappa shape index (κ2) is 9.67. The average Bonchev–Trinajstić information content (AvgIpc) is 2.58. The molecule has 0 radical (unpaired) electrons. The van der Waals surface area contributed by atoms with Crippen molar-refractivity contribution in [1.29, 1.82) is 0 Å². The van der Waals surface area contributed by atoms with E-state index in [0.717, 1.165) is 0 Å². The van der Waals surface area contributed by atoms with Crippen molar-refractivity contribution in [1.82, 2.24) is 0 Å². The Bertz CT molecular complexity index is 891. The van der Waals surface area contributed by atoms with Gasteiger partial charge in [0.05, 0.1) is 9.49 Å². The third-order valence-electron chi connectivity index (χ3n) is 5.23. The molecule has 0 unspecified atom stereocenters. The minimum absolute atomic E-state index is 0.0105. The Balaban J connectivity index is 2.57. The van der Waals surface area contributed by atoms with Gasteiger partial charge < -0.3 is 0 Å². The van der Waals surface area contributed by atoms with Crippen LogP contribution in [0.5, 0.6) is 0 Å². The lowest BCUT2D eigenvalue weighted by atomic mass is 9.98. The van der Waals surface area contributed by atoms with Crippen LogP contribution in [0.3, 0.4) is 0 Å². The number of ketones is 2. The second-order valence-electron chi connectivity index (χ2n) is 8.72. The standard InChI is InChI=1S/C20H30O8S2/c1-19(2,29(23,24)25)11-9-17(21)13-15-5-7-16(8-6-15)14-18(22)10-12-20(3,4)30(26,27)28/h5-8H,9-14H2,1-4H3,(H,23,24,25)(H,26,27,28). The molecular weight excluding hydrogens is 432 g/mol. The molecule has 30 heavy (non-hydrogen) atoms. The van der Waals surface area contributed by atoms with Crippen molar-refractivity contribution in [2.24, 2.45) is 0 Å². The lowest BCUT2D eigenvalue weighted by Gasteiger charge is -2.20. The molecule has 170 valence electrons. The summed E-state index contributed by atoms with van der Waals surface area (Å²) in [5, 5.41) is 0. The number of rotatable bonds is 12. The van der Waals surface area contributed by atoms with E-state index >= 15 is 0 Å². The molecule has 0 saturated heterocycles. The van der Waals surface area contributed by atoms with Gasteiger partial charge in [-0.1, -0.05) is 24.3 Å². The molecule has 0 saturated carbocycles. The van der Waals surface area contributed by atoms with Crippen LogP contribution >= 0.6 is 0 Å². The zero-order chi connectivity index (χ0) is 23.4. The molecule has 0 aliphatic rings. The third kappa shape index (κ3) is 7.90. The van der Waals surface area contributed by atoms with Crippen molar-refractivity contribution in [2.75, 3.05) is 0 Å². The molecule has 8 nitrogen and oxygen atoms in total. The fraction of sp³-hybridized carbons (Fsp3) is 0.600. The molecule has 10 heteroatoms. The Morgan fingerprint density at radius 2 is 0.967 bits per heavy atom. The summed E-state index contributed by atoms with van der Waals surface area (Å²) >= 11 is 0. The van der Waals surface area contributed by atoms with E-state index in [1.165, 1.54) is 27.7 Å². The molecule has 0 fully saturated rings. The smallest absolute Gasteiger partial charge is 0.270 e. The Kier molecular flexibility index (Phi) is 8.52. The Hall–Kier alpha value is -1.62. The molecule has 0 aliphatic heterocycles. The summed E-state index contributed by atoms with van der Waals surface area (Å²) in [6.45, 7) is 5.44. The number of carbonyl (C=O) groups is 2. The van der Waals surface area contributed by atoms with Gasteiger partial charge in [-0.2, -0.15) is 16.8 Å². The first-order valence-corrected chi connectivity index (χ1v) is 12.4. The first-order chi connectivity index (χ1) is 13.4. The molecule has 0 heterocycles. The summed E-state index contributed by atoms with van der Waals surface area (Å²) in [5.74, 6) is -0.328. The number of hydrogen-bond acceptors (Lipinski definition) is 6. The molecule has 0 spiro atoms. The summed E-state index contributed by atoms with van der Waals surface area (Å²) in [6.07, 6.45) is 0.262. The van der Waals surface area contributed by atoms with Crippen LogP contribution in [-0.4, -0.2) is 47.0 Å². The molecule has 0 atom stereocenters. The van der Waals surface area contributed by atoms with E-state index in [1.807, 2.05) is 0 Å². The summed E-state index contributed by atoms with van der Waals surface area (Å²) in [7, 11) is -8.48. The Morgan fingerprint density at radius 1 is 0.700 bits per heavy atom. The summed E-state index contributed by atoms with van der Waals surface area (Å²) in [5.41, 5.74) is 1.43. The van der Waals surface area contributed by atoms with Gasteiger partial charge in [0.25, 0.3) is 20.2 Å². The van der Waals surface area contributed by atoms with Crippen LogP contribution in [-0.2, 0) is 42.7 Å². The van der Waals surface area contributed by atoms with Gasteiger partial charge >= 0.3 is 0 Å². The van der Waals surface area contributed by atoms with E-state index in [0.29, 0.717) is 11.1 Å². The minimum atomic E-state index is -4.24. The van der Waals surface area contributed by atoms with Gasteiger partial charge in [-0.05, 0) is 51.7 Å². The van der Waals surface area contributed by atoms with Crippen LogP contribution < -0.4 is 0 Å². The van der Waals surface area contributed by atoms with E-state index < -0.39 is 29.7 Å². The highest BCUT2D eigenvalue weighted by Gasteiger charge is 2.33. The predicted octanol–water partition coefficient (Wildman–Crippen LogP) is 2.80. The average molecular weight is 463 g/mol. The number of benzene rings is 1. The molecule has 0 amide bonds. The molecule has 1 rings (SSSR count). The molecule has 1 aromatic rings. The zero-order valence-electron chi connectivity index (χ0n) is 17.7. The highest BCUT2D eigenvalue weighted by molar-refractivity contribution is 7.87. The first kappa shape index (κ1) is 26.4. The van der Waals surface area contributed by atoms with Crippen LogP contribution in [0, 0.1) is 0 Å². The fourth-order valence-electron chi connectivity index (χ4n) is 2.55. The Morgan fingerprint density at radius 3 is 1.20 bits per heavy atom. The Labute approximate surface area is 178 Å². The minimum Gasteiger partial charge on any atom is -0.299 e. The predicted molar refractivity (Wildman–Crippen MR) is 114 cm³/mol. The van der Waals surface area contributed by atoms with Crippen molar-refractivity contribution >= 4 is 31.8 Å². The first-order valence-electron chi connectivity index (χ1n) is 9.50. The molecule has 0 bridgehead atoms. The van der Waals surface area contributed by atoms with Gasteiger partial charge in [-0.15, -0.1) is 0 Å². The van der Waals surface area contributed by atoms with Crippen molar-refractivity contribution in [3.8, 4) is 0 Å². The molecular formula is C20H30O8S2. The quantitative estimate of drug-likeness (QED) is 0.451. The van der Waals surface area contributed by atoms with Crippen molar-refractivity contribution in [2.45, 2.75) is 75.7 Å². The highest BCUT2D eigenvalue weighted by Crippen LogP contribution is 2.23. The van der Waals surface area contributed by atoms with Gasteiger partial charge in [0.15, 0.2) is 0 Å². The summed E-state index contributed by atoms with van der Waals surface area (Å²) in [4.78, 5) is 24.2. The lowest BCUT2D eigenvalue weighted by Crippen LogP contribution is -2.32. The van der Waals surface area contributed by atoms with Crippen molar-refractivity contribution < 1.29 is 35.5 Å². The fourth-order valence-corrected chi connectivity index (χ4v) is 3.27. The van der Waals surface area contributed by atoms with E-state index in [9.17, 15) is 26.4 Å². The maximum atomic E-state index is 12.1. The second-order valence-corrected chi connectivity index (χ2v) is 12.8. The van der Waals surface area contributed by atoms with Crippen LogP contribution in [0.2, 0.25) is 0 Å². The lowest BCUT2D eigenvalue weighted by molar-refractivity contribution is -0.119. The molecule has 0 aliphatic carbocycles. The zero-order valence-corrected chi connectivity index (χ0v) is 19.3. The van der Waals surface area contributed by atoms with Gasteiger partial charge in [0.1, 0.15) is 11.6 Å². The van der Waals surface area contributed by atoms with Crippen LogP contribution in [0.25, 0.3) is 0 Å². The van der Waals surface area contributed by atoms with E-state index in [4.69, 9.17) is 9.11 Å². The number of Topliss-reactive ketones (excluding diaryl/α,β-unsaturated/α-hetero) is 2. The maximum absolute atomic E-state index is 12.1. The van der Waals surface area contributed by atoms with Crippen molar-refractivity contribution in [3.05, 3.63) is 35.4 Å². The van der Waals surface area contributed by atoms with Crippen LogP contribution in [0.4, 0.5) is 0 Å². The monoisotopic (exact) mass is 462 g/mol. The van der Waals surface area contributed by atoms with Crippen LogP contribution in [0.1, 0.15) is 64.5 Å². The van der Waals surface area contributed by atoms with E-state index in [2.05, 4.69) is 0 Å². The number of carbonyl (C=O) groups excluding carboxylic acids is 2. The SMILES string of the molecule is CC(C)(CCC(=O)Cc1ccc(CC(=O)CCC(C)(C)S(=O)(=O)O)cc1)S(=O)(=O)O. The van der Waals surface area contributed by atoms with Gasteiger partial charge in [-0.25, -0.2) is 0 Å². The number of hydrogen-bond donors (Lipinski definition) is 2. The maximum Gasteiger partial charge on any atom is 0.270 e.